The van der Waals surface area contributed by atoms with Crippen LogP contribution in [-0.2, 0) is 6.54 Å². The third-order valence-corrected chi connectivity index (χ3v) is 4.17. The molecule has 0 aliphatic carbocycles. The summed E-state index contributed by atoms with van der Waals surface area (Å²) in [4.78, 5) is 2.52. The molecule has 17 heavy (non-hydrogen) atoms. The van der Waals surface area contributed by atoms with Crippen molar-refractivity contribution in [2.75, 3.05) is 25.0 Å². The van der Waals surface area contributed by atoms with Crippen LogP contribution in [0.4, 0.5) is 5.00 Å². The highest BCUT2D eigenvalue weighted by molar-refractivity contribution is 7.10. The summed E-state index contributed by atoms with van der Waals surface area (Å²) in [5.41, 5.74) is 1.12. The molecule has 1 unspecified atom stereocenters. The summed E-state index contributed by atoms with van der Waals surface area (Å²) in [6.07, 6.45) is 4.01. The minimum Gasteiger partial charge on any atom is -0.374 e. The highest BCUT2D eigenvalue weighted by Crippen LogP contribution is 2.24. The van der Waals surface area contributed by atoms with Crippen molar-refractivity contribution in [1.29, 1.82) is 0 Å². The second-order valence-electron chi connectivity index (χ2n) is 4.73. The lowest BCUT2D eigenvalue weighted by Crippen LogP contribution is -2.34. The Labute approximate surface area is 108 Å². The fraction of sp³-hybridized carbons (Fsp3) is 0.833. The van der Waals surface area contributed by atoms with Gasteiger partial charge in [0.15, 0.2) is 0 Å². The zero-order valence-electron chi connectivity index (χ0n) is 10.8. The Bertz CT molecular complexity index is 339. The minimum atomic E-state index is 0.873. The summed E-state index contributed by atoms with van der Waals surface area (Å²) in [5, 5.41) is 8.73. The molecule has 4 nitrogen and oxygen atoms in total. The van der Waals surface area contributed by atoms with Crippen LogP contribution in [0.3, 0.4) is 0 Å². The number of hydrogen-bond donors (Lipinski definition) is 1. The number of likely N-dealkylation sites (tertiary alicyclic amines) is 1. The molecule has 1 N–H and O–H groups in total. The van der Waals surface area contributed by atoms with Crippen LogP contribution in [0.1, 0.15) is 38.8 Å². The predicted octanol–water partition coefficient (Wildman–Crippen LogP) is 2.59. The Morgan fingerprint density at radius 2 is 2.35 bits per heavy atom. The summed E-state index contributed by atoms with van der Waals surface area (Å²) >= 11 is 1.47. The molecule has 0 amide bonds. The molecule has 1 aromatic heterocycles. The van der Waals surface area contributed by atoms with Gasteiger partial charge in [-0.2, -0.15) is 0 Å². The number of aromatic nitrogens is 2. The van der Waals surface area contributed by atoms with Crippen molar-refractivity contribution < 1.29 is 0 Å². The van der Waals surface area contributed by atoms with Crippen molar-refractivity contribution in [3.63, 3.8) is 0 Å². The van der Waals surface area contributed by atoms with E-state index in [0.717, 1.165) is 29.7 Å². The van der Waals surface area contributed by atoms with Crippen molar-refractivity contribution >= 4 is 16.5 Å². The molecule has 1 atom stereocenters. The van der Waals surface area contributed by atoms with Crippen molar-refractivity contribution in [3.05, 3.63) is 5.69 Å². The lowest BCUT2D eigenvalue weighted by Gasteiger charge is -2.31. The van der Waals surface area contributed by atoms with Crippen molar-refractivity contribution in [3.8, 4) is 0 Å². The number of hydrogen-bond acceptors (Lipinski definition) is 5. The van der Waals surface area contributed by atoms with Crippen LogP contribution in [0.2, 0.25) is 0 Å². The Kier molecular flexibility index (Phi) is 4.74. The topological polar surface area (TPSA) is 41.1 Å². The van der Waals surface area contributed by atoms with Gasteiger partial charge < -0.3 is 5.32 Å². The molecule has 0 radical (unpaired) electrons. The van der Waals surface area contributed by atoms with E-state index in [2.05, 4.69) is 33.7 Å². The Balaban J connectivity index is 1.93. The number of piperidine rings is 1. The molecule has 1 aliphatic heterocycles. The van der Waals surface area contributed by atoms with E-state index in [1.165, 1.54) is 43.9 Å². The van der Waals surface area contributed by atoms with Crippen LogP contribution in [0.5, 0.6) is 0 Å². The molecule has 2 rings (SSSR count). The molecule has 0 spiro atoms. The maximum Gasteiger partial charge on any atom is 0.134 e. The molecule has 2 heterocycles. The van der Waals surface area contributed by atoms with Gasteiger partial charge in [-0.1, -0.05) is 17.8 Å². The van der Waals surface area contributed by atoms with E-state index in [-0.39, 0.29) is 0 Å². The maximum absolute atomic E-state index is 4.24. The summed E-state index contributed by atoms with van der Waals surface area (Å²) in [6.45, 7) is 8.73. The zero-order valence-corrected chi connectivity index (χ0v) is 11.6. The molecule has 1 saturated heterocycles. The van der Waals surface area contributed by atoms with Gasteiger partial charge in [0.2, 0.25) is 0 Å². The van der Waals surface area contributed by atoms with Crippen LogP contribution in [0.15, 0.2) is 0 Å². The van der Waals surface area contributed by atoms with Gasteiger partial charge in [0.05, 0.1) is 0 Å². The molecule has 0 saturated carbocycles. The van der Waals surface area contributed by atoms with Crippen LogP contribution in [-0.4, -0.2) is 34.1 Å². The maximum atomic E-state index is 4.24. The fourth-order valence-corrected chi connectivity index (χ4v) is 3.09. The van der Waals surface area contributed by atoms with Crippen LogP contribution >= 0.6 is 11.5 Å². The average molecular weight is 254 g/mol. The molecule has 96 valence electrons. The van der Waals surface area contributed by atoms with Gasteiger partial charge >= 0.3 is 0 Å². The van der Waals surface area contributed by atoms with E-state index < -0.39 is 0 Å². The van der Waals surface area contributed by atoms with E-state index in [4.69, 9.17) is 0 Å². The zero-order chi connectivity index (χ0) is 12.1. The van der Waals surface area contributed by atoms with Crippen molar-refractivity contribution in [1.82, 2.24) is 14.5 Å². The third kappa shape index (κ3) is 3.39. The first-order valence-electron chi connectivity index (χ1n) is 6.61. The molecule has 5 heteroatoms. The van der Waals surface area contributed by atoms with Crippen molar-refractivity contribution in [2.45, 2.75) is 39.7 Å². The lowest BCUT2D eigenvalue weighted by atomic mass is 9.95. The molecular weight excluding hydrogens is 232 g/mol. The Hall–Kier alpha value is -0.680. The highest BCUT2D eigenvalue weighted by atomic mass is 32.1. The van der Waals surface area contributed by atoms with E-state index >= 15 is 0 Å². The summed E-state index contributed by atoms with van der Waals surface area (Å²) in [6, 6.07) is 0. The molecule has 0 aromatic carbocycles. The molecular formula is C12H22N4S. The van der Waals surface area contributed by atoms with Crippen molar-refractivity contribution in [2.24, 2.45) is 5.92 Å². The molecule has 1 aromatic rings. The van der Waals surface area contributed by atoms with E-state index in [1.807, 2.05) is 0 Å². The Morgan fingerprint density at radius 1 is 1.47 bits per heavy atom. The van der Waals surface area contributed by atoms with Crippen LogP contribution in [0, 0.1) is 5.92 Å². The van der Waals surface area contributed by atoms with E-state index in [0.29, 0.717) is 0 Å². The number of nitrogens with zero attached hydrogens (tertiary/aromatic N) is 3. The van der Waals surface area contributed by atoms with Crippen LogP contribution in [0.25, 0.3) is 0 Å². The summed E-state index contributed by atoms with van der Waals surface area (Å²) < 4.78 is 4.05. The predicted molar refractivity (Wildman–Crippen MR) is 72.4 cm³/mol. The van der Waals surface area contributed by atoms with Gasteiger partial charge in [-0.15, -0.1) is 5.10 Å². The molecule has 0 bridgehead atoms. The smallest absolute Gasteiger partial charge is 0.134 e. The minimum absolute atomic E-state index is 0.873. The summed E-state index contributed by atoms with van der Waals surface area (Å²) in [7, 11) is 0. The first-order valence-corrected chi connectivity index (χ1v) is 7.38. The second kappa shape index (κ2) is 6.31. The van der Waals surface area contributed by atoms with E-state index in [1.54, 1.807) is 0 Å². The monoisotopic (exact) mass is 254 g/mol. The standard InChI is InChI=1S/C12H22N4S/c1-3-10-6-5-7-16(8-10)9-11-12(13-4-2)17-15-14-11/h10,13H,3-9H2,1-2H3. The number of rotatable bonds is 5. The number of anilines is 1. The SMILES string of the molecule is CCNc1snnc1CN1CCCC(CC)C1. The third-order valence-electron chi connectivity index (χ3n) is 3.45. The number of nitrogens with one attached hydrogen (secondary N) is 1. The van der Waals surface area contributed by atoms with Gasteiger partial charge in [-0.25, -0.2) is 0 Å². The molecule has 1 aliphatic rings. The first kappa shape index (κ1) is 12.8. The summed E-state index contributed by atoms with van der Waals surface area (Å²) in [5.74, 6) is 0.873. The van der Waals surface area contributed by atoms with Crippen LogP contribution < -0.4 is 5.32 Å². The largest absolute Gasteiger partial charge is 0.374 e. The highest BCUT2D eigenvalue weighted by Gasteiger charge is 2.20. The first-order chi connectivity index (χ1) is 8.33. The van der Waals surface area contributed by atoms with Gasteiger partial charge in [0.25, 0.3) is 0 Å². The van der Waals surface area contributed by atoms with Gasteiger partial charge in [0.1, 0.15) is 10.7 Å². The second-order valence-corrected chi connectivity index (χ2v) is 5.48. The normalized spacial score (nSPS) is 21.6. The fourth-order valence-electron chi connectivity index (χ4n) is 2.45. The van der Waals surface area contributed by atoms with Gasteiger partial charge in [-0.3, -0.25) is 4.90 Å². The van der Waals surface area contributed by atoms with Gasteiger partial charge in [-0.05, 0) is 32.2 Å². The van der Waals surface area contributed by atoms with E-state index in [9.17, 15) is 0 Å². The quantitative estimate of drug-likeness (QED) is 0.877. The lowest BCUT2D eigenvalue weighted by molar-refractivity contribution is 0.163. The average Bonchev–Trinajstić information content (AvgIpc) is 2.78. The Morgan fingerprint density at radius 3 is 3.12 bits per heavy atom. The molecule has 1 fully saturated rings. The van der Waals surface area contributed by atoms with Gasteiger partial charge in [0, 0.05) is 31.2 Å².